The summed E-state index contributed by atoms with van der Waals surface area (Å²) >= 11 is 0. The molecule has 190 valence electrons. The standard InChI is InChI=1S/C27H29F2N3O4/c1-4-36-26(34)21-22(30-15(2)24(35-3)23(21)33)18-12-16-8-5-6-10-20(16)31-25(18)32-13-17-9-7-11-27(28,29)19(17)14-32/h5-6,8,10,12,17,19H,4,7,9,11,13-14H2,1-3H3,(H,30,33). The Morgan fingerprint density at radius 2 is 2.06 bits per heavy atom. The summed E-state index contributed by atoms with van der Waals surface area (Å²) < 4.78 is 40.1. The van der Waals surface area contributed by atoms with Crippen LogP contribution in [0, 0.1) is 18.8 Å². The van der Waals surface area contributed by atoms with Gasteiger partial charge in [0.05, 0.1) is 30.6 Å². The van der Waals surface area contributed by atoms with Gasteiger partial charge in [-0.05, 0) is 44.7 Å². The van der Waals surface area contributed by atoms with E-state index in [1.54, 1.807) is 13.8 Å². The maximum absolute atomic E-state index is 14.8. The summed E-state index contributed by atoms with van der Waals surface area (Å²) in [6.45, 7) is 4.02. The number of aryl methyl sites for hydroxylation is 1. The second kappa shape index (κ2) is 9.19. The Balaban J connectivity index is 1.74. The fraction of sp³-hybridized carbons (Fsp3) is 0.444. The summed E-state index contributed by atoms with van der Waals surface area (Å²) in [4.78, 5) is 36.2. The molecule has 1 saturated heterocycles. The smallest absolute Gasteiger partial charge is 0.344 e. The minimum Gasteiger partial charge on any atom is -0.491 e. The SMILES string of the molecule is CCOC(=O)c1c(-c2cc3ccccc3nc2N2CC3CCCC(F)(F)C3C2)[nH]c(C)c(OC)c1=O. The third-order valence-electron chi connectivity index (χ3n) is 7.36. The molecular formula is C27H29F2N3O4. The highest BCUT2D eigenvalue weighted by molar-refractivity contribution is 6.00. The average Bonchev–Trinajstić information content (AvgIpc) is 3.29. The number of hydrogen-bond donors (Lipinski definition) is 1. The molecule has 3 aromatic rings. The summed E-state index contributed by atoms with van der Waals surface area (Å²) in [5, 5.41) is 0.794. The second-order valence-corrected chi connectivity index (χ2v) is 9.56. The molecule has 1 saturated carbocycles. The molecule has 0 amide bonds. The summed E-state index contributed by atoms with van der Waals surface area (Å²) in [7, 11) is 1.36. The van der Waals surface area contributed by atoms with Gasteiger partial charge in [-0.3, -0.25) is 4.79 Å². The summed E-state index contributed by atoms with van der Waals surface area (Å²) in [5.41, 5.74) is 1.07. The number of anilines is 1. The predicted molar refractivity (Wildman–Crippen MR) is 133 cm³/mol. The number of rotatable bonds is 5. The lowest BCUT2D eigenvalue weighted by Crippen LogP contribution is -2.37. The lowest BCUT2D eigenvalue weighted by molar-refractivity contribution is -0.0930. The van der Waals surface area contributed by atoms with E-state index in [-0.39, 0.29) is 42.5 Å². The molecule has 2 aromatic heterocycles. The van der Waals surface area contributed by atoms with Crippen LogP contribution in [-0.2, 0) is 4.74 Å². The molecule has 5 rings (SSSR count). The van der Waals surface area contributed by atoms with Crippen LogP contribution in [0.3, 0.4) is 0 Å². The van der Waals surface area contributed by atoms with Gasteiger partial charge in [0.15, 0.2) is 5.75 Å². The number of alkyl halides is 2. The third kappa shape index (κ3) is 4.00. The highest BCUT2D eigenvalue weighted by atomic mass is 19.3. The van der Waals surface area contributed by atoms with Gasteiger partial charge in [-0.1, -0.05) is 18.2 Å². The van der Waals surface area contributed by atoms with Gasteiger partial charge in [0.1, 0.15) is 11.4 Å². The van der Waals surface area contributed by atoms with E-state index in [1.807, 2.05) is 35.2 Å². The number of benzene rings is 1. The Labute approximate surface area is 207 Å². The molecule has 1 N–H and O–H groups in total. The number of pyridine rings is 2. The number of carbonyl (C=O) groups excluding carboxylic acids is 1. The van der Waals surface area contributed by atoms with Crippen LogP contribution in [0.2, 0.25) is 0 Å². The monoisotopic (exact) mass is 497 g/mol. The van der Waals surface area contributed by atoms with Crippen LogP contribution >= 0.6 is 0 Å². The van der Waals surface area contributed by atoms with Crippen molar-refractivity contribution in [1.29, 1.82) is 0 Å². The predicted octanol–water partition coefficient (Wildman–Crippen LogP) is 4.96. The van der Waals surface area contributed by atoms with Crippen molar-refractivity contribution in [3.8, 4) is 17.0 Å². The highest BCUT2D eigenvalue weighted by Gasteiger charge is 2.51. The topological polar surface area (TPSA) is 84.5 Å². The van der Waals surface area contributed by atoms with Crippen molar-refractivity contribution in [3.63, 3.8) is 0 Å². The molecule has 7 nitrogen and oxygen atoms in total. The normalized spacial score (nSPS) is 20.9. The number of nitrogens with zero attached hydrogens (tertiary/aromatic N) is 2. The summed E-state index contributed by atoms with van der Waals surface area (Å²) in [6, 6.07) is 9.31. The van der Waals surface area contributed by atoms with Gasteiger partial charge in [-0.15, -0.1) is 0 Å². The summed E-state index contributed by atoms with van der Waals surface area (Å²) in [6.07, 6.45) is 1.14. The number of carbonyl (C=O) groups is 1. The van der Waals surface area contributed by atoms with Gasteiger partial charge in [-0.25, -0.2) is 18.6 Å². The van der Waals surface area contributed by atoms with E-state index in [1.165, 1.54) is 7.11 Å². The van der Waals surface area contributed by atoms with Crippen LogP contribution in [0.1, 0.15) is 42.2 Å². The Kier molecular flexibility index (Phi) is 6.18. The number of halogens is 2. The molecule has 2 aliphatic rings. The number of para-hydroxylation sites is 1. The number of H-pyrrole nitrogens is 1. The lowest BCUT2D eigenvalue weighted by atomic mass is 9.79. The molecule has 1 aromatic carbocycles. The van der Waals surface area contributed by atoms with E-state index in [4.69, 9.17) is 14.5 Å². The van der Waals surface area contributed by atoms with Crippen LogP contribution in [0.15, 0.2) is 35.1 Å². The van der Waals surface area contributed by atoms with Crippen LogP contribution in [0.4, 0.5) is 14.6 Å². The first-order chi connectivity index (χ1) is 17.2. The van der Waals surface area contributed by atoms with Gasteiger partial charge < -0.3 is 19.4 Å². The van der Waals surface area contributed by atoms with Gasteiger partial charge in [0.25, 0.3) is 5.92 Å². The lowest BCUT2D eigenvalue weighted by Gasteiger charge is -2.32. The minimum absolute atomic E-state index is 0.0175. The van der Waals surface area contributed by atoms with Crippen LogP contribution in [-0.4, -0.2) is 48.7 Å². The number of methoxy groups -OCH3 is 1. The molecule has 2 unspecified atom stereocenters. The Bertz CT molecular complexity index is 1390. The molecule has 0 spiro atoms. The number of esters is 1. The molecule has 0 radical (unpaired) electrons. The fourth-order valence-electron chi connectivity index (χ4n) is 5.68. The first-order valence-electron chi connectivity index (χ1n) is 12.3. The van der Waals surface area contributed by atoms with Gasteiger partial charge in [-0.2, -0.15) is 0 Å². The van der Waals surface area contributed by atoms with Crippen molar-refractivity contribution in [2.45, 2.75) is 39.0 Å². The van der Waals surface area contributed by atoms with Crippen molar-refractivity contribution < 1.29 is 23.0 Å². The molecule has 1 aliphatic heterocycles. The Morgan fingerprint density at radius 1 is 1.28 bits per heavy atom. The number of aromatic amines is 1. The molecule has 36 heavy (non-hydrogen) atoms. The van der Waals surface area contributed by atoms with Crippen molar-refractivity contribution in [2.75, 3.05) is 31.7 Å². The van der Waals surface area contributed by atoms with Gasteiger partial charge >= 0.3 is 5.97 Å². The maximum Gasteiger partial charge on any atom is 0.344 e. The number of hydrogen-bond acceptors (Lipinski definition) is 6. The number of nitrogens with one attached hydrogen (secondary N) is 1. The first-order valence-corrected chi connectivity index (χ1v) is 12.3. The van der Waals surface area contributed by atoms with Gasteiger partial charge in [0, 0.05) is 36.4 Å². The average molecular weight is 498 g/mol. The zero-order valence-corrected chi connectivity index (χ0v) is 20.6. The molecule has 2 atom stereocenters. The quantitative estimate of drug-likeness (QED) is 0.502. The number of fused-ring (bicyclic) bond motifs is 2. The van der Waals surface area contributed by atoms with E-state index in [0.29, 0.717) is 35.6 Å². The zero-order chi connectivity index (χ0) is 25.6. The number of aromatic nitrogens is 2. The molecule has 1 aliphatic carbocycles. The molecule has 3 heterocycles. The third-order valence-corrected chi connectivity index (χ3v) is 7.36. The zero-order valence-electron chi connectivity index (χ0n) is 20.6. The Hall–Kier alpha value is -3.49. The van der Waals surface area contributed by atoms with E-state index < -0.39 is 23.2 Å². The summed E-state index contributed by atoms with van der Waals surface area (Å²) in [5.74, 6) is -3.93. The minimum atomic E-state index is -2.73. The van der Waals surface area contributed by atoms with E-state index in [9.17, 15) is 18.4 Å². The van der Waals surface area contributed by atoms with Crippen LogP contribution in [0.5, 0.6) is 5.75 Å². The number of ether oxygens (including phenoxy) is 2. The molecule has 0 bridgehead atoms. The van der Waals surface area contributed by atoms with Gasteiger partial charge in [0.2, 0.25) is 5.43 Å². The van der Waals surface area contributed by atoms with Crippen molar-refractivity contribution in [3.05, 3.63) is 51.8 Å². The molecule has 2 fully saturated rings. The van der Waals surface area contributed by atoms with Crippen molar-refractivity contribution >= 4 is 22.7 Å². The fourth-order valence-corrected chi connectivity index (χ4v) is 5.68. The van der Waals surface area contributed by atoms with E-state index in [2.05, 4.69) is 4.98 Å². The second-order valence-electron chi connectivity index (χ2n) is 9.56. The first kappa shape index (κ1) is 24.2. The molecular weight excluding hydrogens is 468 g/mol. The largest absolute Gasteiger partial charge is 0.491 e. The highest BCUT2D eigenvalue weighted by Crippen LogP contribution is 2.48. The van der Waals surface area contributed by atoms with Crippen LogP contribution in [0.25, 0.3) is 22.2 Å². The van der Waals surface area contributed by atoms with E-state index in [0.717, 1.165) is 11.8 Å². The van der Waals surface area contributed by atoms with Crippen molar-refractivity contribution in [1.82, 2.24) is 9.97 Å². The van der Waals surface area contributed by atoms with E-state index >= 15 is 0 Å². The van der Waals surface area contributed by atoms with Crippen molar-refractivity contribution in [2.24, 2.45) is 11.8 Å². The molecule has 9 heteroatoms. The maximum atomic E-state index is 14.8. The Morgan fingerprint density at radius 3 is 2.78 bits per heavy atom. The van der Waals surface area contributed by atoms with Crippen LogP contribution < -0.4 is 15.1 Å².